The fraction of sp³-hybridized carbons (Fsp3) is 0.684. The van der Waals surface area contributed by atoms with Crippen LogP contribution in [0.5, 0.6) is 0 Å². The van der Waals surface area contributed by atoms with Crippen molar-refractivity contribution in [3.8, 4) is 0 Å². The molecule has 0 spiro atoms. The number of ether oxygens (including phenoxy) is 1. The number of sulfone groups is 1. The third kappa shape index (κ3) is 3.56. The van der Waals surface area contributed by atoms with Gasteiger partial charge in [-0.15, -0.1) is 6.58 Å². The zero-order chi connectivity index (χ0) is 19.8. The first-order valence-corrected chi connectivity index (χ1v) is 11.9. The lowest BCUT2D eigenvalue weighted by Crippen LogP contribution is -2.50. The average molecular weight is 427 g/mol. The van der Waals surface area contributed by atoms with Gasteiger partial charge in [0.05, 0.1) is 24.1 Å². The molecule has 3 heterocycles. The zero-order valence-electron chi connectivity index (χ0n) is 15.9. The highest BCUT2D eigenvalue weighted by molar-refractivity contribution is 7.93. The number of nitrogens with one attached hydrogen (secondary N) is 1. The summed E-state index contributed by atoms with van der Waals surface area (Å²) in [4.78, 5) is 10.9. The molecule has 9 heteroatoms. The van der Waals surface area contributed by atoms with Gasteiger partial charge in [-0.2, -0.15) is 0 Å². The van der Waals surface area contributed by atoms with Gasteiger partial charge in [0.1, 0.15) is 22.5 Å². The van der Waals surface area contributed by atoms with E-state index < -0.39 is 25.4 Å². The minimum Gasteiger partial charge on any atom is -0.359 e. The Labute approximate surface area is 171 Å². The Hall–Kier alpha value is -1.22. The molecule has 154 valence electrons. The molecule has 0 amide bonds. The number of halogens is 1. The van der Waals surface area contributed by atoms with E-state index in [2.05, 4.69) is 21.9 Å². The minimum absolute atomic E-state index is 0.187. The number of anilines is 1. The Morgan fingerprint density at radius 3 is 2.75 bits per heavy atom. The van der Waals surface area contributed by atoms with Crippen LogP contribution in [0.2, 0.25) is 0 Å². The molecule has 3 aliphatic rings. The summed E-state index contributed by atoms with van der Waals surface area (Å²) in [6, 6.07) is 1.84. The summed E-state index contributed by atoms with van der Waals surface area (Å²) in [7, 11) is -3.50. The Bertz CT molecular complexity index is 824. The highest BCUT2D eigenvalue weighted by Gasteiger charge is 2.53. The largest absolute Gasteiger partial charge is 0.359 e. The van der Waals surface area contributed by atoms with Gasteiger partial charge >= 0.3 is 0 Å². The highest BCUT2D eigenvalue weighted by atomic mass is 35.5. The molecule has 7 nitrogen and oxygen atoms in total. The molecule has 2 atom stereocenters. The molecule has 1 aliphatic carbocycles. The van der Waals surface area contributed by atoms with Crippen LogP contribution in [0.3, 0.4) is 0 Å². The van der Waals surface area contributed by atoms with Crippen molar-refractivity contribution in [2.75, 3.05) is 37.7 Å². The van der Waals surface area contributed by atoms with Gasteiger partial charge in [-0.3, -0.25) is 0 Å². The number of nitrogens with zero attached hydrogens (tertiary/aromatic N) is 3. The monoisotopic (exact) mass is 426 g/mol. The molecule has 2 aliphatic heterocycles. The molecule has 0 aromatic carbocycles. The first-order chi connectivity index (χ1) is 13.5. The number of aromatic nitrogens is 2. The van der Waals surface area contributed by atoms with E-state index in [9.17, 15) is 8.42 Å². The molecular weight excluding hydrogens is 400 g/mol. The van der Waals surface area contributed by atoms with Crippen molar-refractivity contribution < 1.29 is 13.2 Å². The number of hydrogen-bond donors (Lipinski definition) is 1. The van der Waals surface area contributed by atoms with Crippen molar-refractivity contribution in [1.82, 2.24) is 15.3 Å². The molecule has 2 unspecified atom stereocenters. The van der Waals surface area contributed by atoms with Crippen molar-refractivity contribution >= 4 is 27.3 Å². The topological polar surface area (TPSA) is 84.4 Å². The summed E-state index contributed by atoms with van der Waals surface area (Å²) in [6.07, 6.45) is 6.00. The van der Waals surface area contributed by atoms with Crippen molar-refractivity contribution in [3.63, 3.8) is 0 Å². The number of hydrogen-bond acceptors (Lipinski definition) is 7. The van der Waals surface area contributed by atoms with E-state index in [-0.39, 0.29) is 5.92 Å². The molecule has 1 saturated carbocycles. The first-order valence-electron chi connectivity index (χ1n) is 9.88. The standard InChI is InChI=1S/C19H27ClN4O3S/c1-2-15(14-3-4-14)28(25,26)19(5-7-21-8-6-19)16-11-18(23-13-22-16)24-9-10-27-17(20)12-24/h2,11,13-15,17,21H,1,3-10,12H2. The Kier molecular flexibility index (Phi) is 5.66. The lowest BCUT2D eigenvalue weighted by Gasteiger charge is -2.39. The van der Waals surface area contributed by atoms with Gasteiger partial charge in [0.2, 0.25) is 0 Å². The maximum Gasteiger partial charge on any atom is 0.168 e. The molecule has 1 aromatic rings. The fourth-order valence-corrected chi connectivity index (χ4v) is 7.35. The van der Waals surface area contributed by atoms with Gasteiger partial charge in [-0.1, -0.05) is 17.7 Å². The van der Waals surface area contributed by atoms with Crippen LogP contribution < -0.4 is 10.2 Å². The quantitative estimate of drug-likeness (QED) is 0.548. The molecule has 0 radical (unpaired) electrons. The predicted molar refractivity (Wildman–Crippen MR) is 109 cm³/mol. The van der Waals surface area contributed by atoms with Crippen LogP contribution in [0.15, 0.2) is 25.0 Å². The van der Waals surface area contributed by atoms with E-state index in [1.165, 1.54) is 6.33 Å². The number of morpholine rings is 1. The third-order valence-electron chi connectivity index (χ3n) is 6.10. The van der Waals surface area contributed by atoms with Gasteiger partial charge < -0.3 is 15.0 Å². The summed E-state index contributed by atoms with van der Waals surface area (Å²) in [5.74, 6) is 0.889. The van der Waals surface area contributed by atoms with Gasteiger partial charge in [0.15, 0.2) is 9.84 Å². The summed E-state index contributed by atoms with van der Waals surface area (Å²) >= 11 is 6.13. The second-order valence-electron chi connectivity index (χ2n) is 7.82. The molecule has 4 rings (SSSR count). The van der Waals surface area contributed by atoms with Crippen LogP contribution >= 0.6 is 11.6 Å². The first kappa shape index (κ1) is 20.1. The molecule has 2 saturated heterocycles. The molecule has 1 N–H and O–H groups in total. The van der Waals surface area contributed by atoms with E-state index in [0.29, 0.717) is 57.1 Å². The molecule has 1 aromatic heterocycles. The van der Waals surface area contributed by atoms with E-state index >= 15 is 0 Å². The van der Waals surface area contributed by atoms with Gasteiger partial charge in [0, 0.05) is 12.6 Å². The second-order valence-corrected chi connectivity index (χ2v) is 10.7. The van der Waals surface area contributed by atoms with Crippen LogP contribution in [0.4, 0.5) is 5.82 Å². The fourth-order valence-electron chi connectivity index (χ4n) is 4.36. The lowest BCUT2D eigenvalue weighted by atomic mass is 9.93. The minimum atomic E-state index is -3.50. The Morgan fingerprint density at radius 2 is 2.11 bits per heavy atom. The Balaban J connectivity index is 1.74. The zero-order valence-corrected chi connectivity index (χ0v) is 17.5. The van der Waals surface area contributed by atoms with Crippen molar-refractivity contribution in [2.24, 2.45) is 5.92 Å². The predicted octanol–water partition coefficient (Wildman–Crippen LogP) is 1.84. The normalized spacial score (nSPS) is 26.6. The van der Waals surface area contributed by atoms with Crippen molar-refractivity contribution in [3.05, 3.63) is 30.7 Å². The summed E-state index contributed by atoms with van der Waals surface area (Å²) in [6.45, 7) is 6.83. The summed E-state index contributed by atoms with van der Waals surface area (Å²) in [5, 5.41) is 2.77. The van der Waals surface area contributed by atoms with Crippen LogP contribution in [-0.4, -0.2) is 62.0 Å². The molecule has 28 heavy (non-hydrogen) atoms. The summed E-state index contributed by atoms with van der Waals surface area (Å²) < 4.78 is 32.1. The summed E-state index contributed by atoms with van der Waals surface area (Å²) in [5.41, 5.74) is 0.188. The van der Waals surface area contributed by atoms with Crippen LogP contribution in [0, 0.1) is 5.92 Å². The van der Waals surface area contributed by atoms with E-state index in [1.54, 1.807) is 6.08 Å². The third-order valence-corrected chi connectivity index (χ3v) is 9.36. The second kappa shape index (κ2) is 7.89. The van der Waals surface area contributed by atoms with Crippen LogP contribution in [0.25, 0.3) is 0 Å². The maximum atomic E-state index is 13.8. The lowest BCUT2D eigenvalue weighted by molar-refractivity contribution is 0.0931. The van der Waals surface area contributed by atoms with Crippen LogP contribution in [0.1, 0.15) is 31.4 Å². The van der Waals surface area contributed by atoms with Gasteiger partial charge in [0.25, 0.3) is 0 Å². The molecular formula is C19H27ClN4O3S. The van der Waals surface area contributed by atoms with Crippen molar-refractivity contribution in [1.29, 1.82) is 0 Å². The highest BCUT2D eigenvalue weighted by Crippen LogP contribution is 2.47. The SMILES string of the molecule is C=CC(C1CC1)S(=O)(=O)C1(c2cc(N3CCOC(Cl)C3)ncn2)CCNCC1. The maximum absolute atomic E-state index is 13.8. The van der Waals surface area contributed by atoms with E-state index in [1.807, 2.05) is 11.0 Å². The number of piperidine rings is 1. The van der Waals surface area contributed by atoms with E-state index in [4.69, 9.17) is 16.3 Å². The van der Waals surface area contributed by atoms with Gasteiger partial charge in [-0.05, 0) is 44.7 Å². The van der Waals surface area contributed by atoms with Gasteiger partial charge in [-0.25, -0.2) is 18.4 Å². The Morgan fingerprint density at radius 1 is 1.36 bits per heavy atom. The average Bonchev–Trinajstić information content (AvgIpc) is 3.54. The smallest absolute Gasteiger partial charge is 0.168 e. The molecule has 0 bridgehead atoms. The van der Waals surface area contributed by atoms with E-state index in [0.717, 1.165) is 12.8 Å². The number of rotatable bonds is 6. The van der Waals surface area contributed by atoms with Crippen molar-refractivity contribution in [2.45, 2.75) is 41.2 Å². The molecule has 3 fully saturated rings. The van der Waals surface area contributed by atoms with Crippen LogP contribution in [-0.2, 0) is 19.3 Å². The number of alkyl halides is 1.